The second-order valence-corrected chi connectivity index (χ2v) is 3.49. The Balaban J connectivity index is 3.25. The summed E-state index contributed by atoms with van der Waals surface area (Å²) in [6.07, 6.45) is 0. The molecule has 1 rings (SSSR count). The van der Waals surface area contributed by atoms with Crippen molar-refractivity contribution in [1.29, 1.82) is 0 Å². The molecule has 0 aromatic carbocycles. The standard InChI is InChI=1S/C7H5BrClFN2O2/c1-2(13)14-7-3(8)5(11)4(10)6(9)12-7/h1H3,(H2,11,12). The Hall–Kier alpha value is -0.880. The van der Waals surface area contributed by atoms with Crippen molar-refractivity contribution in [2.75, 3.05) is 5.73 Å². The molecule has 0 saturated heterocycles. The highest BCUT2D eigenvalue weighted by molar-refractivity contribution is 9.10. The van der Waals surface area contributed by atoms with Crippen LogP contribution in [-0.2, 0) is 4.79 Å². The van der Waals surface area contributed by atoms with Crippen molar-refractivity contribution in [2.24, 2.45) is 0 Å². The third-order valence-corrected chi connectivity index (χ3v) is 2.30. The van der Waals surface area contributed by atoms with Crippen LogP contribution in [0.2, 0.25) is 5.15 Å². The number of pyridine rings is 1. The molecule has 0 aliphatic carbocycles. The monoisotopic (exact) mass is 282 g/mol. The molecule has 14 heavy (non-hydrogen) atoms. The largest absolute Gasteiger partial charge is 0.406 e. The molecule has 0 bridgehead atoms. The van der Waals surface area contributed by atoms with Crippen molar-refractivity contribution in [3.05, 3.63) is 15.4 Å². The van der Waals surface area contributed by atoms with E-state index in [1.807, 2.05) is 0 Å². The molecular weight excluding hydrogens is 278 g/mol. The van der Waals surface area contributed by atoms with Gasteiger partial charge in [-0.3, -0.25) is 4.79 Å². The van der Waals surface area contributed by atoms with Gasteiger partial charge in [0.05, 0.1) is 5.69 Å². The van der Waals surface area contributed by atoms with Crippen LogP contribution < -0.4 is 10.5 Å². The van der Waals surface area contributed by atoms with Gasteiger partial charge in [-0.25, -0.2) is 4.39 Å². The topological polar surface area (TPSA) is 65.2 Å². The first kappa shape index (κ1) is 11.2. The fourth-order valence-corrected chi connectivity index (χ4v) is 1.24. The number of esters is 1. The lowest BCUT2D eigenvalue weighted by Crippen LogP contribution is -2.06. The molecule has 0 aliphatic rings. The SMILES string of the molecule is CC(=O)Oc1nc(Cl)c(F)c(N)c1Br. The Labute approximate surface area is 92.3 Å². The van der Waals surface area contributed by atoms with Crippen LogP contribution in [0.25, 0.3) is 0 Å². The van der Waals surface area contributed by atoms with E-state index in [1.54, 1.807) is 0 Å². The quantitative estimate of drug-likeness (QED) is 0.633. The molecule has 7 heteroatoms. The number of halogens is 3. The van der Waals surface area contributed by atoms with Gasteiger partial charge in [0.1, 0.15) is 4.47 Å². The van der Waals surface area contributed by atoms with Crippen LogP contribution in [0.3, 0.4) is 0 Å². The first-order valence-corrected chi connectivity index (χ1v) is 4.59. The molecule has 0 unspecified atom stereocenters. The van der Waals surface area contributed by atoms with Crippen molar-refractivity contribution in [1.82, 2.24) is 4.98 Å². The number of carbonyl (C=O) groups is 1. The summed E-state index contributed by atoms with van der Waals surface area (Å²) in [7, 11) is 0. The normalized spacial score (nSPS) is 10.0. The van der Waals surface area contributed by atoms with Crippen molar-refractivity contribution in [3.63, 3.8) is 0 Å². The third-order valence-electron chi connectivity index (χ3n) is 1.28. The van der Waals surface area contributed by atoms with Crippen molar-refractivity contribution in [2.45, 2.75) is 6.92 Å². The summed E-state index contributed by atoms with van der Waals surface area (Å²) < 4.78 is 17.7. The highest BCUT2D eigenvalue weighted by Gasteiger charge is 2.17. The summed E-state index contributed by atoms with van der Waals surface area (Å²) in [5.41, 5.74) is 5.07. The summed E-state index contributed by atoms with van der Waals surface area (Å²) in [4.78, 5) is 14.1. The number of aromatic nitrogens is 1. The van der Waals surface area contributed by atoms with Gasteiger partial charge in [0.25, 0.3) is 0 Å². The first-order chi connectivity index (χ1) is 6.43. The van der Waals surface area contributed by atoms with E-state index in [4.69, 9.17) is 17.3 Å². The van der Waals surface area contributed by atoms with E-state index < -0.39 is 16.9 Å². The summed E-state index contributed by atoms with van der Waals surface area (Å²) in [5.74, 6) is -1.60. The summed E-state index contributed by atoms with van der Waals surface area (Å²) in [6.45, 7) is 1.18. The molecule has 1 aromatic heterocycles. The molecule has 0 saturated carbocycles. The average molecular weight is 283 g/mol. The van der Waals surface area contributed by atoms with Gasteiger partial charge in [-0.1, -0.05) is 11.6 Å². The van der Waals surface area contributed by atoms with Gasteiger partial charge in [-0.2, -0.15) is 4.98 Å². The number of hydrogen-bond acceptors (Lipinski definition) is 4. The summed E-state index contributed by atoms with van der Waals surface area (Å²) in [5, 5.41) is -0.443. The molecule has 1 heterocycles. The number of nitrogen functional groups attached to an aromatic ring is 1. The van der Waals surface area contributed by atoms with Crippen molar-refractivity contribution in [3.8, 4) is 5.88 Å². The molecule has 0 radical (unpaired) electrons. The van der Waals surface area contributed by atoms with Crippen LogP contribution in [0.4, 0.5) is 10.1 Å². The summed E-state index contributed by atoms with van der Waals surface area (Å²) >= 11 is 8.33. The van der Waals surface area contributed by atoms with Gasteiger partial charge >= 0.3 is 5.97 Å². The molecule has 0 amide bonds. The minimum absolute atomic E-state index is 0.0644. The van der Waals surface area contributed by atoms with Gasteiger partial charge in [0.15, 0.2) is 11.0 Å². The van der Waals surface area contributed by atoms with Crippen LogP contribution >= 0.6 is 27.5 Å². The molecule has 0 spiro atoms. The van der Waals surface area contributed by atoms with Crippen molar-refractivity contribution >= 4 is 39.2 Å². The van der Waals surface area contributed by atoms with Gasteiger partial charge in [0.2, 0.25) is 5.88 Å². The molecule has 1 aromatic rings. The predicted octanol–water partition coefficient (Wildman–Crippen LogP) is 2.14. The summed E-state index contributed by atoms with van der Waals surface area (Å²) in [6, 6.07) is 0. The van der Waals surface area contributed by atoms with Gasteiger partial charge in [-0.15, -0.1) is 0 Å². The Morgan fingerprint density at radius 1 is 1.71 bits per heavy atom. The highest BCUT2D eigenvalue weighted by Crippen LogP contribution is 2.34. The average Bonchev–Trinajstić information content (AvgIpc) is 2.10. The minimum Gasteiger partial charge on any atom is -0.406 e. The molecule has 4 nitrogen and oxygen atoms in total. The number of nitrogens with two attached hydrogens (primary N) is 1. The lowest BCUT2D eigenvalue weighted by Gasteiger charge is -2.06. The molecule has 2 N–H and O–H groups in total. The number of nitrogens with zero attached hydrogens (tertiary/aromatic N) is 1. The highest BCUT2D eigenvalue weighted by atomic mass is 79.9. The van der Waals surface area contributed by atoms with Gasteiger partial charge < -0.3 is 10.5 Å². The second-order valence-electron chi connectivity index (χ2n) is 2.34. The van der Waals surface area contributed by atoms with E-state index in [1.165, 1.54) is 6.92 Å². The zero-order valence-electron chi connectivity index (χ0n) is 6.97. The zero-order chi connectivity index (χ0) is 10.9. The van der Waals surface area contributed by atoms with Crippen LogP contribution in [0.1, 0.15) is 6.92 Å². The number of carbonyl (C=O) groups excluding carboxylic acids is 1. The van der Waals surface area contributed by atoms with E-state index in [9.17, 15) is 9.18 Å². The maximum Gasteiger partial charge on any atom is 0.309 e. The van der Waals surface area contributed by atoms with E-state index in [0.29, 0.717) is 0 Å². The van der Waals surface area contributed by atoms with Crippen molar-refractivity contribution < 1.29 is 13.9 Å². The minimum atomic E-state index is -0.852. The lowest BCUT2D eigenvalue weighted by molar-refractivity contribution is -0.132. The van der Waals surface area contributed by atoms with E-state index >= 15 is 0 Å². The number of anilines is 1. The van der Waals surface area contributed by atoms with Crippen LogP contribution in [0, 0.1) is 5.82 Å². The van der Waals surface area contributed by atoms with Gasteiger partial charge in [-0.05, 0) is 15.9 Å². The van der Waals surface area contributed by atoms with E-state index in [2.05, 4.69) is 25.7 Å². The maximum absolute atomic E-state index is 13.0. The number of hydrogen-bond donors (Lipinski definition) is 1. The molecule has 76 valence electrons. The Morgan fingerprint density at radius 2 is 2.29 bits per heavy atom. The molecule has 0 fully saturated rings. The molecule has 0 aliphatic heterocycles. The smallest absolute Gasteiger partial charge is 0.309 e. The van der Waals surface area contributed by atoms with E-state index in [0.717, 1.165) is 0 Å². The first-order valence-electron chi connectivity index (χ1n) is 3.42. The lowest BCUT2D eigenvalue weighted by atomic mass is 10.4. The number of ether oxygens (including phenoxy) is 1. The maximum atomic E-state index is 13.0. The third kappa shape index (κ3) is 2.13. The van der Waals surface area contributed by atoms with Gasteiger partial charge in [0, 0.05) is 6.92 Å². The van der Waals surface area contributed by atoms with Crippen LogP contribution in [-0.4, -0.2) is 11.0 Å². The van der Waals surface area contributed by atoms with Crippen LogP contribution in [0.15, 0.2) is 4.47 Å². The van der Waals surface area contributed by atoms with Crippen LogP contribution in [0.5, 0.6) is 5.88 Å². The zero-order valence-corrected chi connectivity index (χ0v) is 9.32. The Morgan fingerprint density at radius 3 is 2.79 bits per heavy atom. The molecular formula is C7H5BrClFN2O2. The second kappa shape index (κ2) is 4.10. The Kier molecular flexibility index (Phi) is 3.28. The fourth-order valence-electron chi connectivity index (χ4n) is 0.714. The number of rotatable bonds is 1. The predicted molar refractivity (Wildman–Crippen MR) is 52.6 cm³/mol. The molecule has 0 atom stereocenters. The Bertz CT molecular complexity index is 400. The fraction of sp³-hybridized carbons (Fsp3) is 0.143. The van der Waals surface area contributed by atoms with E-state index in [-0.39, 0.29) is 16.0 Å².